The minimum absolute atomic E-state index is 0.0360. The first kappa shape index (κ1) is 12.1. The quantitative estimate of drug-likeness (QED) is 0.774. The Kier molecular flexibility index (Phi) is 3.19. The Morgan fingerprint density at radius 2 is 2.00 bits per heavy atom. The van der Waals surface area contributed by atoms with Gasteiger partial charge in [-0.1, -0.05) is 0 Å². The number of carbonyl (C=O) groups excluding carboxylic acids is 1. The molecule has 1 aliphatic rings. The van der Waals surface area contributed by atoms with Crippen molar-refractivity contribution in [3.63, 3.8) is 0 Å². The van der Waals surface area contributed by atoms with Crippen molar-refractivity contribution in [3.8, 4) is 0 Å². The molecule has 1 aromatic rings. The Balaban J connectivity index is 2.14. The molecule has 5 nitrogen and oxygen atoms in total. The van der Waals surface area contributed by atoms with Crippen molar-refractivity contribution in [2.75, 3.05) is 13.1 Å². The number of nitrogens with one attached hydrogen (secondary N) is 1. The van der Waals surface area contributed by atoms with Gasteiger partial charge in [0.25, 0.3) is 5.91 Å². The van der Waals surface area contributed by atoms with E-state index < -0.39 is 0 Å². The van der Waals surface area contributed by atoms with Crippen LogP contribution in [0.15, 0.2) is 6.07 Å². The van der Waals surface area contributed by atoms with E-state index in [0.29, 0.717) is 17.8 Å². The van der Waals surface area contributed by atoms with Gasteiger partial charge in [0.05, 0.1) is 0 Å². The highest BCUT2D eigenvalue weighted by atomic mass is 16.2. The molecule has 5 heteroatoms. The van der Waals surface area contributed by atoms with Crippen LogP contribution in [0.5, 0.6) is 0 Å². The highest BCUT2D eigenvalue weighted by Gasteiger charge is 2.26. The van der Waals surface area contributed by atoms with Crippen LogP contribution in [0, 0.1) is 6.92 Å². The Labute approximate surface area is 102 Å². The van der Waals surface area contributed by atoms with E-state index in [1.165, 1.54) is 0 Å². The summed E-state index contributed by atoms with van der Waals surface area (Å²) in [4.78, 5) is 14.2. The molecule has 1 aromatic heterocycles. The first-order valence-corrected chi connectivity index (χ1v) is 6.03. The predicted molar refractivity (Wildman–Crippen MR) is 65.9 cm³/mol. The average Bonchev–Trinajstić information content (AvgIpc) is 2.57. The lowest BCUT2D eigenvalue weighted by Crippen LogP contribution is -2.55. The summed E-state index contributed by atoms with van der Waals surface area (Å²) in [5.41, 5.74) is 1.55. The number of amides is 1. The molecule has 2 heterocycles. The molecular formula is C12H20N4O. The summed E-state index contributed by atoms with van der Waals surface area (Å²) < 4.78 is 1.74. The number of nitrogens with zero attached hydrogens (tertiary/aromatic N) is 3. The minimum atomic E-state index is 0.0360. The molecule has 0 aliphatic carbocycles. The summed E-state index contributed by atoms with van der Waals surface area (Å²) in [6.07, 6.45) is 0. The van der Waals surface area contributed by atoms with Gasteiger partial charge in [-0.3, -0.25) is 9.48 Å². The minimum Gasteiger partial charge on any atom is -0.334 e. The van der Waals surface area contributed by atoms with Gasteiger partial charge in [0.15, 0.2) is 5.69 Å². The van der Waals surface area contributed by atoms with Gasteiger partial charge in [0, 0.05) is 37.9 Å². The zero-order valence-corrected chi connectivity index (χ0v) is 10.9. The van der Waals surface area contributed by atoms with Gasteiger partial charge in [0.2, 0.25) is 0 Å². The average molecular weight is 236 g/mol. The third kappa shape index (κ3) is 2.49. The molecule has 1 aliphatic heterocycles. The van der Waals surface area contributed by atoms with Crippen LogP contribution in [0.4, 0.5) is 0 Å². The summed E-state index contributed by atoms with van der Waals surface area (Å²) in [5, 5.41) is 7.65. The Morgan fingerprint density at radius 3 is 2.47 bits per heavy atom. The number of aromatic nitrogens is 2. The number of rotatable bonds is 1. The number of carbonyl (C=O) groups is 1. The molecule has 1 saturated heterocycles. The normalized spacial score (nSPS) is 25.1. The van der Waals surface area contributed by atoms with Crippen LogP contribution in [-0.2, 0) is 7.05 Å². The van der Waals surface area contributed by atoms with E-state index in [9.17, 15) is 4.79 Å². The molecule has 0 bridgehead atoms. The van der Waals surface area contributed by atoms with E-state index in [2.05, 4.69) is 24.3 Å². The number of aryl methyl sites for hydroxylation is 2. The fourth-order valence-electron chi connectivity index (χ4n) is 2.32. The maximum atomic E-state index is 12.3. The molecule has 1 fully saturated rings. The van der Waals surface area contributed by atoms with Crippen molar-refractivity contribution >= 4 is 5.91 Å². The number of hydrogen-bond donors (Lipinski definition) is 1. The maximum Gasteiger partial charge on any atom is 0.274 e. The molecule has 2 rings (SSSR count). The highest BCUT2D eigenvalue weighted by Crippen LogP contribution is 2.10. The van der Waals surface area contributed by atoms with Crippen molar-refractivity contribution in [3.05, 3.63) is 17.5 Å². The SMILES string of the molecule is Cc1cc(C(=O)N2CC(C)NC(C)C2)nn1C. The van der Waals surface area contributed by atoms with Gasteiger partial charge in [0.1, 0.15) is 0 Å². The molecule has 17 heavy (non-hydrogen) atoms. The van der Waals surface area contributed by atoms with Crippen LogP contribution in [0.2, 0.25) is 0 Å². The van der Waals surface area contributed by atoms with Gasteiger partial charge in [-0.25, -0.2) is 0 Å². The Morgan fingerprint density at radius 1 is 1.41 bits per heavy atom. The number of piperazine rings is 1. The van der Waals surface area contributed by atoms with Gasteiger partial charge >= 0.3 is 0 Å². The first-order chi connectivity index (χ1) is 7.97. The summed E-state index contributed by atoms with van der Waals surface area (Å²) in [6.45, 7) is 7.64. The van der Waals surface area contributed by atoms with Crippen molar-refractivity contribution in [1.82, 2.24) is 20.0 Å². The van der Waals surface area contributed by atoms with Crippen LogP contribution in [0.1, 0.15) is 30.0 Å². The summed E-state index contributed by atoms with van der Waals surface area (Å²) in [7, 11) is 1.86. The molecule has 0 aromatic carbocycles. The van der Waals surface area contributed by atoms with E-state index in [0.717, 1.165) is 18.8 Å². The Bertz CT molecular complexity index is 397. The molecule has 1 N–H and O–H groups in total. The van der Waals surface area contributed by atoms with Crippen molar-refractivity contribution in [2.45, 2.75) is 32.9 Å². The summed E-state index contributed by atoms with van der Waals surface area (Å²) >= 11 is 0. The lowest BCUT2D eigenvalue weighted by atomic mass is 10.1. The van der Waals surface area contributed by atoms with Crippen LogP contribution in [0.25, 0.3) is 0 Å². The van der Waals surface area contributed by atoms with Crippen molar-refractivity contribution in [1.29, 1.82) is 0 Å². The summed E-state index contributed by atoms with van der Waals surface area (Å²) in [6, 6.07) is 2.53. The van der Waals surface area contributed by atoms with Crippen molar-refractivity contribution in [2.24, 2.45) is 7.05 Å². The fraction of sp³-hybridized carbons (Fsp3) is 0.667. The second kappa shape index (κ2) is 4.49. The van der Waals surface area contributed by atoms with E-state index >= 15 is 0 Å². The van der Waals surface area contributed by atoms with Crippen LogP contribution in [0.3, 0.4) is 0 Å². The largest absolute Gasteiger partial charge is 0.334 e. The first-order valence-electron chi connectivity index (χ1n) is 6.03. The standard InChI is InChI=1S/C12H20N4O/c1-8-6-16(7-9(2)13-8)12(17)11-5-10(3)15(4)14-11/h5,8-9,13H,6-7H2,1-4H3. The second-order valence-corrected chi connectivity index (χ2v) is 4.97. The topological polar surface area (TPSA) is 50.2 Å². The zero-order valence-electron chi connectivity index (χ0n) is 10.9. The fourth-order valence-corrected chi connectivity index (χ4v) is 2.32. The lowest BCUT2D eigenvalue weighted by molar-refractivity contribution is 0.0667. The number of hydrogen-bond acceptors (Lipinski definition) is 3. The third-order valence-electron chi connectivity index (χ3n) is 3.18. The molecule has 2 unspecified atom stereocenters. The monoisotopic (exact) mass is 236 g/mol. The second-order valence-electron chi connectivity index (χ2n) is 4.97. The molecule has 0 saturated carbocycles. The molecule has 2 atom stereocenters. The van der Waals surface area contributed by atoms with E-state index in [4.69, 9.17) is 0 Å². The molecule has 1 amide bonds. The van der Waals surface area contributed by atoms with Gasteiger partial charge in [-0.05, 0) is 26.8 Å². The summed E-state index contributed by atoms with van der Waals surface area (Å²) in [5.74, 6) is 0.0360. The van der Waals surface area contributed by atoms with Crippen LogP contribution < -0.4 is 5.32 Å². The van der Waals surface area contributed by atoms with Crippen LogP contribution >= 0.6 is 0 Å². The molecule has 94 valence electrons. The zero-order chi connectivity index (χ0) is 12.6. The molecular weight excluding hydrogens is 216 g/mol. The van der Waals surface area contributed by atoms with Gasteiger partial charge in [-0.15, -0.1) is 0 Å². The van der Waals surface area contributed by atoms with E-state index in [1.54, 1.807) is 4.68 Å². The van der Waals surface area contributed by atoms with Gasteiger partial charge in [-0.2, -0.15) is 5.10 Å². The molecule has 0 radical (unpaired) electrons. The van der Waals surface area contributed by atoms with Crippen LogP contribution in [-0.4, -0.2) is 45.8 Å². The smallest absolute Gasteiger partial charge is 0.274 e. The lowest BCUT2D eigenvalue weighted by Gasteiger charge is -2.35. The maximum absolute atomic E-state index is 12.3. The van der Waals surface area contributed by atoms with E-state index in [-0.39, 0.29) is 5.91 Å². The predicted octanol–water partition coefficient (Wildman–Crippen LogP) is 0.551. The van der Waals surface area contributed by atoms with E-state index in [1.807, 2.05) is 24.9 Å². The Hall–Kier alpha value is -1.36. The van der Waals surface area contributed by atoms with Gasteiger partial charge < -0.3 is 10.2 Å². The highest BCUT2D eigenvalue weighted by molar-refractivity contribution is 5.92. The molecule has 0 spiro atoms. The van der Waals surface area contributed by atoms with Crippen molar-refractivity contribution < 1.29 is 4.79 Å². The third-order valence-corrected chi connectivity index (χ3v) is 3.18.